The number of nitrogens with one attached hydrogen (secondary N) is 1. The van der Waals surface area contributed by atoms with E-state index in [4.69, 9.17) is 4.74 Å². The molecule has 0 atom stereocenters. The first-order chi connectivity index (χ1) is 14.7. The number of thiazole rings is 1. The van der Waals surface area contributed by atoms with E-state index in [0.717, 1.165) is 35.4 Å². The maximum Gasteiger partial charge on any atom is 0.416 e. The average Bonchev–Trinajstić information content (AvgIpc) is 3.25. The van der Waals surface area contributed by atoms with Gasteiger partial charge in [-0.25, -0.2) is 23.9 Å². The molecule has 3 rings (SSSR count). The molecule has 0 spiro atoms. The molecule has 3 amide bonds. The maximum absolute atomic E-state index is 12.4. The third-order valence-electron chi connectivity index (χ3n) is 4.59. The van der Waals surface area contributed by atoms with Crippen molar-refractivity contribution in [2.75, 3.05) is 37.0 Å². The van der Waals surface area contributed by atoms with Crippen molar-refractivity contribution >= 4 is 42.0 Å². The van der Waals surface area contributed by atoms with Crippen molar-refractivity contribution in [1.82, 2.24) is 25.1 Å². The molecule has 2 aromatic heterocycles. The Morgan fingerprint density at radius 3 is 2.55 bits per heavy atom. The van der Waals surface area contributed by atoms with Gasteiger partial charge in [-0.1, -0.05) is 12.8 Å². The van der Waals surface area contributed by atoms with E-state index in [1.54, 1.807) is 28.4 Å². The fourth-order valence-electron chi connectivity index (χ4n) is 2.99. The molecule has 3 heterocycles. The maximum atomic E-state index is 12.4. The number of piperazine rings is 1. The van der Waals surface area contributed by atoms with Gasteiger partial charge in [0.2, 0.25) is 5.88 Å². The van der Waals surface area contributed by atoms with Gasteiger partial charge in [-0.3, -0.25) is 4.90 Å². The SMILES string of the molecule is CC(C)(C)NC(=O)N(S)c1ccc(OC(=O)N2CCN(CCc3nccs3)CC2)nc1. The van der Waals surface area contributed by atoms with Crippen LogP contribution in [0.15, 0.2) is 29.9 Å². The summed E-state index contributed by atoms with van der Waals surface area (Å²) in [5, 5.41) is 5.93. The van der Waals surface area contributed by atoms with Crippen LogP contribution in [0.25, 0.3) is 0 Å². The van der Waals surface area contributed by atoms with E-state index >= 15 is 0 Å². The lowest BCUT2D eigenvalue weighted by Gasteiger charge is -2.33. The second-order valence-electron chi connectivity index (χ2n) is 8.22. The van der Waals surface area contributed by atoms with Gasteiger partial charge in [-0.2, -0.15) is 0 Å². The van der Waals surface area contributed by atoms with Gasteiger partial charge in [0.05, 0.1) is 16.9 Å². The van der Waals surface area contributed by atoms with Crippen LogP contribution in [-0.4, -0.2) is 70.2 Å². The molecule has 31 heavy (non-hydrogen) atoms. The molecular weight excluding hydrogens is 436 g/mol. The number of hydrogen-bond donors (Lipinski definition) is 2. The second-order valence-corrected chi connectivity index (χ2v) is 9.60. The molecule has 0 radical (unpaired) electrons. The third-order valence-corrected chi connectivity index (χ3v) is 5.84. The van der Waals surface area contributed by atoms with Crippen LogP contribution in [0.3, 0.4) is 0 Å². The number of rotatable bonds is 5. The first kappa shape index (κ1) is 23.3. The Balaban J connectivity index is 1.45. The van der Waals surface area contributed by atoms with Gasteiger partial charge < -0.3 is 15.0 Å². The van der Waals surface area contributed by atoms with Crippen LogP contribution in [-0.2, 0) is 6.42 Å². The number of hydrogen-bond acceptors (Lipinski definition) is 8. The molecule has 2 aromatic rings. The summed E-state index contributed by atoms with van der Waals surface area (Å²) >= 11 is 5.88. The summed E-state index contributed by atoms with van der Waals surface area (Å²) in [7, 11) is 0. The van der Waals surface area contributed by atoms with E-state index in [0.29, 0.717) is 18.8 Å². The standard InChI is InChI=1S/C20H28N6O3S2/c1-20(2,3)23-18(27)26(30)15-4-5-16(22-14-15)29-19(28)25-11-9-24(10-12-25)8-6-17-21-7-13-31-17/h4-5,7,13-14,30H,6,8-12H2,1-3H3,(H,23,27). The van der Waals surface area contributed by atoms with Gasteiger partial charge >= 0.3 is 12.1 Å². The number of carbonyl (C=O) groups is 2. The largest absolute Gasteiger partial charge is 0.416 e. The molecule has 1 aliphatic heterocycles. The van der Waals surface area contributed by atoms with E-state index in [1.165, 1.54) is 6.20 Å². The van der Waals surface area contributed by atoms with Crippen molar-refractivity contribution in [3.8, 4) is 5.88 Å². The zero-order valence-electron chi connectivity index (χ0n) is 17.9. The topological polar surface area (TPSA) is 90.9 Å². The lowest BCUT2D eigenvalue weighted by Crippen LogP contribution is -2.50. The van der Waals surface area contributed by atoms with Gasteiger partial charge in [0.25, 0.3) is 0 Å². The minimum absolute atomic E-state index is 0.179. The zero-order chi connectivity index (χ0) is 22.4. The van der Waals surface area contributed by atoms with Crippen LogP contribution in [0.4, 0.5) is 15.3 Å². The number of pyridine rings is 1. The highest BCUT2D eigenvalue weighted by molar-refractivity contribution is 7.82. The number of urea groups is 1. The molecule has 0 bridgehead atoms. The van der Waals surface area contributed by atoms with Crippen molar-refractivity contribution < 1.29 is 14.3 Å². The van der Waals surface area contributed by atoms with Gasteiger partial charge in [0.15, 0.2) is 0 Å². The summed E-state index contributed by atoms with van der Waals surface area (Å²) < 4.78 is 6.55. The minimum Gasteiger partial charge on any atom is -0.391 e. The van der Waals surface area contributed by atoms with Crippen LogP contribution < -0.4 is 14.4 Å². The number of thiol groups is 1. The monoisotopic (exact) mass is 464 g/mol. The van der Waals surface area contributed by atoms with Crippen molar-refractivity contribution in [3.63, 3.8) is 0 Å². The predicted molar refractivity (Wildman–Crippen MR) is 124 cm³/mol. The second kappa shape index (κ2) is 10.3. The minimum atomic E-state index is -0.423. The Kier molecular flexibility index (Phi) is 7.74. The van der Waals surface area contributed by atoms with Crippen LogP contribution in [0.2, 0.25) is 0 Å². The van der Waals surface area contributed by atoms with Crippen LogP contribution in [0.5, 0.6) is 5.88 Å². The summed E-state index contributed by atoms with van der Waals surface area (Å²) in [5.41, 5.74) is 0.0879. The lowest BCUT2D eigenvalue weighted by atomic mass is 10.1. The van der Waals surface area contributed by atoms with E-state index < -0.39 is 6.09 Å². The molecular formula is C20H28N6O3S2. The summed E-state index contributed by atoms with van der Waals surface area (Å²) in [6.07, 6.45) is 3.76. The smallest absolute Gasteiger partial charge is 0.391 e. The predicted octanol–water partition coefficient (Wildman–Crippen LogP) is 3.06. The summed E-state index contributed by atoms with van der Waals surface area (Å²) in [6, 6.07) is 2.81. The molecule has 1 N–H and O–H groups in total. The first-order valence-corrected chi connectivity index (χ1v) is 11.3. The van der Waals surface area contributed by atoms with E-state index in [-0.39, 0.29) is 17.5 Å². The average molecular weight is 465 g/mol. The Hall–Kier alpha value is -2.37. The van der Waals surface area contributed by atoms with Crippen LogP contribution in [0, 0.1) is 0 Å². The number of aromatic nitrogens is 2. The molecule has 0 aliphatic carbocycles. The first-order valence-electron chi connectivity index (χ1n) is 10.1. The number of nitrogens with zero attached hydrogens (tertiary/aromatic N) is 5. The molecule has 11 heteroatoms. The molecule has 168 valence electrons. The fraction of sp³-hybridized carbons (Fsp3) is 0.500. The normalized spacial score (nSPS) is 14.9. The van der Waals surface area contributed by atoms with Gasteiger partial charge in [0.1, 0.15) is 0 Å². The molecule has 0 saturated carbocycles. The molecule has 1 fully saturated rings. The third kappa shape index (κ3) is 7.08. The summed E-state index contributed by atoms with van der Waals surface area (Å²) in [5.74, 6) is 0.179. The van der Waals surface area contributed by atoms with E-state index in [9.17, 15) is 9.59 Å². The Morgan fingerprint density at radius 2 is 1.97 bits per heavy atom. The number of ether oxygens (including phenoxy) is 1. The zero-order valence-corrected chi connectivity index (χ0v) is 19.7. The molecule has 0 unspecified atom stereocenters. The summed E-state index contributed by atoms with van der Waals surface area (Å²) in [4.78, 5) is 37.1. The molecule has 1 aliphatic rings. The van der Waals surface area contributed by atoms with Gasteiger partial charge in [-0.15, -0.1) is 11.3 Å². The van der Waals surface area contributed by atoms with Crippen LogP contribution >= 0.6 is 24.2 Å². The van der Waals surface area contributed by atoms with Gasteiger partial charge in [-0.05, 0) is 26.8 Å². The Morgan fingerprint density at radius 1 is 1.23 bits per heavy atom. The number of anilines is 1. The number of amides is 3. The van der Waals surface area contributed by atoms with E-state index in [2.05, 4.69) is 33.0 Å². The van der Waals surface area contributed by atoms with Crippen LogP contribution in [0.1, 0.15) is 25.8 Å². The highest BCUT2D eigenvalue weighted by Crippen LogP contribution is 2.19. The quantitative estimate of drug-likeness (QED) is 0.661. The summed E-state index contributed by atoms with van der Waals surface area (Å²) in [6.45, 7) is 9.38. The molecule has 0 aromatic carbocycles. The van der Waals surface area contributed by atoms with Crippen molar-refractivity contribution in [1.29, 1.82) is 0 Å². The highest BCUT2D eigenvalue weighted by atomic mass is 32.1. The van der Waals surface area contributed by atoms with E-state index in [1.807, 2.05) is 32.3 Å². The highest BCUT2D eigenvalue weighted by Gasteiger charge is 2.23. The Labute approximate surface area is 191 Å². The van der Waals surface area contributed by atoms with Crippen molar-refractivity contribution in [2.24, 2.45) is 0 Å². The molecule has 9 nitrogen and oxygen atoms in total. The van der Waals surface area contributed by atoms with Crippen molar-refractivity contribution in [2.45, 2.75) is 32.7 Å². The fourth-order valence-corrected chi connectivity index (χ4v) is 3.77. The Bertz CT molecular complexity index is 862. The molecule has 1 saturated heterocycles. The number of carbonyl (C=O) groups excluding carboxylic acids is 2. The van der Waals surface area contributed by atoms with Crippen molar-refractivity contribution in [3.05, 3.63) is 34.9 Å². The van der Waals surface area contributed by atoms with Gasteiger partial charge in [0, 0.05) is 62.3 Å². The lowest BCUT2D eigenvalue weighted by molar-refractivity contribution is 0.110.